The van der Waals surface area contributed by atoms with Crippen molar-refractivity contribution in [3.8, 4) is 11.5 Å². The van der Waals surface area contributed by atoms with Crippen LogP contribution in [0.25, 0.3) is 0 Å². The molecule has 0 aliphatic carbocycles. The molecule has 2 N–H and O–H groups in total. The van der Waals surface area contributed by atoms with Gasteiger partial charge < -0.3 is 20.1 Å². The van der Waals surface area contributed by atoms with Crippen LogP contribution in [0, 0.1) is 0 Å². The van der Waals surface area contributed by atoms with E-state index in [0.717, 1.165) is 18.4 Å². The Hall–Kier alpha value is -2.69. The minimum absolute atomic E-state index is 0.0744. The zero-order chi connectivity index (χ0) is 16.9. The molecule has 2 aromatic carbocycles. The summed E-state index contributed by atoms with van der Waals surface area (Å²) in [5, 5.41) is 5.76. The molecule has 24 heavy (non-hydrogen) atoms. The fourth-order valence-corrected chi connectivity index (χ4v) is 2.68. The highest BCUT2D eigenvalue weighted by atomic mass is 16.7. The number of ether oxygens (including phenoxy) is 2. The van der Waals surface area contributed by atoms with Crippen molar-refractivity contribution in [1.82, 2.24) is 5.32 Å². The fourth-order valence-electron chi connectivity index (χ4n) is 2.68. The molecule has 5 nitrogen and oxygen atoms in total. The summed E-state index contributed by atoms with van der Waals surface area (Å²) < 4.78 is 10.6. The van der Waals surface area contributed by atoms with Gasteiger partial charge in [0.2, 0.25) is 6.79 Å². The van der Waals surface area contributed by atoms with Crippen molar-refractivity contribution in [3.63, 3.8) is 0 Å². The molecule has 0 spiro atoms. The molecule has 5 heteroatoms. The first-order chi connectivity index (χ1) is 11.7. The number of benzene rings is 2. The van der Waals surface area contributed by atoms with E-state index in [4.69, 9.17) is 9.47 Å². The van der Waals surface area contributed by atoms with Gasteiger partial charge in [0.15, 0.2) is 11.5 Å². The van der Waals surface area contributed by atoms with Gasteiger partial charge in [-0.1, -0.05) is 37.6 Å². The van der Waals surface area contributed by atoms with Crippen LogP contribution in [-0.2, 0) is 6.42 Å². The van der Waals surface area contributed by atoms with Crippen LogP contribution in [0.2, 0.25) is 0 Å². The number of hydrogen-bond donors (Lipinski definition) is 2. The quantitative estimate of drug-likeness (QED) is 0.863. The van der Waals surface area contributed by atoms with Gasteiger partial charge in [0.05, 0.1) is 6.04 Å². The standard InChI is InChI=1S/C19H22N2O3/c1-3-4-14-5-7-15(8-6-14)13(2)20-19(22)21-16-9-10-17-18(11-16)24-12-23-17/h5-11,13H,3-4,12H2,1-2H3,(H2,20,21,22)/t13-/m1/s1. The lowest BCUT2D eigenvalue weighted by Crippen LogP contribution is -2.31. The zero-order valence-electron chi connectivity index (χ0n) is 14.0. The molecule has 1 aliphatic heterocycles. The van der Waals surface area contributed by atoms with Crippen LogP contribution >= 0.6 is 0 Å². The van der Waals surface area contributed by atoms with Gasteiger partial charge in [-0.25, -0.2) is 4.79 Å². The molecule has 0 saturated carbocycles. The normalized spacial score (nSPS) is 13.4. The van der Waals surface area contributed by atoms with E-state index < -0.39 is 0 Å². The molecule has 0 aromatic heterocycles. The Morgan fingerprint density at radius 1 is 1.12 bits per heavy atom. The largest absolute Gasteiger partial charge is 0.454 e. The maximum absolute atomic E-state index is 12.2. The third kappa shape index (κ3) is 3.79. The van der Waals surface area contributed by atoms with Crippen molar-refractivity contribution in [2.75, 3.05) is 12.1 Å². The highest BCUT2D eigenvalue weighted by molar-refractivity contribution is 5.90. The molecule has 1 atom stereocenters. The smallest absolute Gasteiger partial charge is 0.319 e. The SMILES string of the molecule is CCCc1ccc([C@@H](C)NC(=O)Nc2ccc3c(c2)OCO3)cc1. The number of urea groups is 1. The summed E-state index contributed by atoms with van der Waals surface area (Å²) in [7, 11) is 0. The van der Waals surface area contributed by atoms with E-state index in [1.165, 1.54) is 5.56 Å². The number of carbonyl (C=O) groups excluding carboxylic acids is 1. The second kappa shape index (κ2) is 7.25. The van der Waals surface area contributed by atoms with Crippen molar-refractivity contribution in [2.45, 2.75) is 32.7 Å². The lowest BCUT2D eigenvalue weighted by atomic mass is 10.0. The van der Waals surface area contributed by atoms with E-state index in [1.807, 2.05) is 6.92 Å². The van der Waals surface area contributed by atoms with Gasteiger partial charge in [0, 0.05) is 11.8 Å². The molecule has 2 aromatic rings. The molecule has 1 aliphatic rings. The van der Waals surface area contributed by atoms with E-state index in [9.17, 15) is 4.79 Å². The number of anilines is 1. The highest BCUT2D eigenvalue weighted by Crippen LogP contribution is 2.34. The first-order valence-electron chi connectivity index (χ1n) is 8.21. The van der Waals surface area contributed by atoms with E-state index in [0.29, 0.717) is 17.2 Å². The Bertz CT molecular complexity index is 713. The van der Waals surface area contributed by atoms with Gasteiger partial charge in [0.1, 0.15) is 0 Å². The van der Waals surface area contributed by atoms with Crippen molar-refractivity contribution < 1.29 is 14.3 Å². The third-order valence-electron chi connectivity index (χ3n) is 4.00. The Labute approximate surface area is 142 Å². The van der Waals surface area contributed by atoms with Gasteiger partial charge in [-0.2, -0.15) is 0 Å². The molecular weight excluding hydrogens is 304 g/mol. The predicted molar refractivity (Wildman–Crippen MR) is 93.6 cm³/mol. The highest BCUT2D eigenvalue weighted by Gasteiger charge is 2.15. The summed E-state index contributed by atoms with van der Waals surface area (Å²) in [5.41, 5.74) is 3.07. The summed E-state index contributed by atoms with van der Waals surface area (Å²) in [6.07, 6.45) is 2.21. The fraction of sp³-hybridized carbons (Fsp3) is 0.316. The lowest BCUT2D eigenvalue weighted by molar-refractivity contribution is 0.174. The molecule has 126 valence electrons. The summed E-state index contributed by atoms with van der Waals surface area (Å²) in [4.78, 5) is 12.2. The van der Waals surface area contributed by atoms with Crippen LogP contribution in [0.1, 0.15) is 37.4 Å². The summed E-state index contributed by atoms with van der Waals surface area (Å²) in [6, 6.07) is 13.4. The molecule has 3 rings (SSSR count). The van der Waals surface area contributed by atoms with Crippen LogP contribution in [-0.4, -0.2) is 12.8 Å². The van der Waals surface area contributed by atoms with Gasteiger partial charge in [-0.3, -0.25) is 0 Å². The Morgan fingerprint density at radius 3 is 2.62 bits per heavy atom. The van der Waals surface area contributed by atoms with Crippen LogP contribution in [0.5, 0.6) is 11.5 Å². The van der Waals surface area contributed by atoms with Crippen LogP contribution < -0.4 is 20.1 Å². The summed E-state index contributed by atoms with van der Waals surface area (Å²) in [6.45, 7) is 4.35. The van der Waals surface area contributed by atoms with Crippen molar-refractivity contribution in [1.29, 1.82) is 0 Å². The number of hydrogen-bond acceptors (Lipinski definition) is 3. The minimum atomic E-state index is -0.251. The second-order valence-corrected chi connectivity index (χ2v) is 5.88. The van der Waals surface area contributed by atoms with E-state index >= 15 is 0 Å². The molecule has 0 radical (unpaired) electrons. The molecule has 0 saturated heterocycles. The van der Waals surface area contributed by atoms with Crippen molar-refractivity contribution in [3.05, 3.63) is 53.6 Å². The zero-order valence-corrected chi connectivity index (χ0v) is 14.0. The first kappa shape index (κ1) is 16.2. The monoisotopic (exact) mass is 326 g/mol. The van der Waals surface area contributed by atoms with Gasteiger partial charge in [-0.05, 0) is 36.6 Å². The minimum Gasteiger partial charge on any atom is -0.454 e. The molecular formula is C19H22N2O3. The average molecular weight is 326 g/mol. The van der Waals surface area contributed by atoms with E-state index in [2.05, 4.69) is 41.8 Å². The Morgan fingerprint density at radius 2 is 1.88 bits per heavy atom. The van der Waals surface area contributed by atoms with Gasteiger partial charge in [0.25, 0.3) is 0 Å². The topological polar surface area (TPSA) is 59.6 Å². The molecule has 0 fully saturated rings. The van der Waals surface area contributed by atoms with Crippen LogP contribution in [0.4, 0.5) is 10.5 Å². The number of carbonyl (C=O) groups is 1. The molecule has 2 amide bonds. The summed E-state index contributed by atoms with van der Waals surface area (Å²) in [5.74, 6) is 1.34. The number of aryl methyl sites for hydroxylation is 1. The maximum atomic E-state index is 12.2. The number of rotatable bonds is 5. The number of nitrogens with one attached hydrogen (secondary N) is 2. The number of amides is 2. The van der Waals surface area contributed by atoms with E-state index in [-0.39, 0.29) is 18.9 Å². The lowest BCUT2D eigenvalue weighted by Gasteiger charge is -2.15. The molecule has 0 bridgehead atoms. The average Bonchev–Trinajstić information content (AvgIpc) is 3.03. The van der Waals surface area contributed by atoms with Gasteiger partial charge >= 0.3 is 6.03 Å². The van der Waals surface area contributed by atoms with Crippen LogP contribution in [0.3, 0.4) is 0 Å². The van der Waals surface area contributed by atoms with Crippen molar-refractivity contribution >= 4 is 11.7 Å². The van der Waals surface area contributed by atoms with E-state index in [1.54, 1.807) is 18.2 Å². The van der Waals surface area contributed by atoms with Gasteiger partial charge in [-0.15, -0.1) is 0 Å². The number of fused-ring (bicyclic) bond motifs is 1. The summed E-state index contributed by atoms with van der Waals surface area (Å²) >= 11 is 0. The molecule has 1 heterocycles. The van der Waals surface area contributed by atoms with Crippen LogP contribution in [0.15, 0.2) is 42.5 Å². The second-order valence-electron chi connectivity index (χ2n) is 5.88. The Kier molecular flexibility index (Phi) is 4.89. The third-order valence-corrected chi connectivity index (χ3v) is 4.00. The Balaban J connectivity index is 1.57. The maximum Gasteiger partial charge on any atom is 0.319 e. The first-order valence-corrected chi connectivity index (χ1v) is 8.21. The predicted octanol–water partition coefficient (Wildman–Crippen LogP) is 4.25. The van der Waals surface area contributed by atoms with Crippen molar-refractivity contribution in [2.24, 2.45) is 0 Å². The molecule has 0 unspecified atom stereocenters.